The first kappa shape index (κ1) is 22.1. The van der Waals surface area contributed by atoms with Gasteiger partial charge in [0.2, 0.25) is 11.8 Å². The fourth-order valence-electron chi connectivity index (χ4n) is 4.41. The van der Waals surface area contributed by atoms with E-state index in [1.807, 2.05) is 12.1 Å². The van der Waals surface area contributed by atoms with Crippen molar-refractivity contribution >= 4 is 68.7 Å². The summed E-state index contributed by atoms with van der Waals surface area (Å²) >= 11 is 11.8. The van der Waals surface area contributed by atoms with Crippen LogP contribution in [-0.4, -0.2) is 22.0 Å². The number of hydrogen-bond donors (Lipinski definition) is 1. The van der Waals surface area contributed by atoms with E-state index in [2.05, 4.69) is 66.0 Å². The Morgan fingerprint density at radius 1 is 1.00 bits per heavy atom. The third-order valence-corrected chi connectivity index (χ3v) is 9.33. The average Bonchev–Trinajstić information content (AvgIpc) is 3.23. The van der Waals surface area contributed by atoms with Crippen LogP contribution < -0.4 is 4.90 Å². The number of rotatable bonds is 2. The number of nitrogens with zero attached hydrogens (tertiary/aromatic N) is 1. The number of aromatic nitrogens is 1. The smallest absolute Gasteiger partial charge is 0.248 e. The molecule has 0 spiro atoms. The lowest BCUT2D eigenvalue weighted by Gasteiger charge is -2.30. The van der Waals surface area contributed by atoms with E-state index < -0.39 is 11.2 Å². The molecule has 3 aromatic rings. The van der Waals surface area contributed by atoms with Gasteiger partial charge in [-0.15, -0.1) is 11.3 Å². The Hall–Kier alpha value is -1.74. The molecule has 1 aromatic heterocycles. The van der Waals surface area contributed by atoms with Gasteiger partial charge in [-0.2, -0.15) is 0 Å². The van der Waals surface area contributed by atoms with Crippen molar-refractivity contribution in [2.45, 2.75) is 42.4 Å². The molecule has 0 bridgehead atoms. The second-order valence-corrected chi connectivity index (χ2v) is 12.9. The molecular formula is C24H21BrN2O2S3. The van der Waals surface area contributed by atoms with Gasteiger partial charge in [0, 0.05) is 15.3 Å². The zero-order valence-electron chi connectivity index (χ0n) is 17.7. The Labute approximate surface area is 208 Å². The summed E-state index contributed by atoms with van der Waals surface area (Å²) in [6.45, 7) is 6.54. The number of imide groups is 1. The van der Waals surface area contributed by atoms with Crippen LogP contribution in [0.25, 0.3) is 0 Å². The van der Waals surface area contributed by atoms with Crippen molar-refractivity contribution in [1.82, 2.24) is 4.98 Å². The summed E-state index contributed by atoms with van der Waals surface area (Å²) in [4.78, 5) is 32.8. The van der Waals surface area contributed by atoms with Gasteiger partial charge in [-0.25, -0.2) is 4.90 Å². The molecule has 164 valence electrons. The lowest BCUT2D eigenvalue weighted by Crippen LogP contribution is -2.32. The molecule has 32 heavy (non-hydrogen) atoms. The van der Waals surface area contributed by atoms with Crippen LogP contribution >= 0.6 is 51.2 Å². The Balaban J connectivity index is 1.61. The van der Waals surface area contributed by atoms with Crippen LogP contribution in [-0.2, 0) is 15.0 Å². The lowest BCUT2D eigenvalue weighted by molar-refractivity contribution is -0.122. The molecule has 8 heteroatoms. The molecule has 0 aliphatic carbocycles. The van der Waals surface area contributed by atoms with Crippen molar-refractivity contribution in [1.29, 1.82) is 0 Å². The summed E-state index contributed by atoms with van der Waals surface area (Å²) in [5, 5.41) is 0.427. The number of thioether (sulfide) groups is 1. The first-order chi connectivity index (χ1) is 15.1. The number of nitrogens with one attached hydrogen (secondary N) is 1. The topological polar surface area (TPSA) is 53.2 Å². The minimum absolute atomic E-state index is 0.0384. The van der Waals surface area contributed by atoms with Crippen LogP contribution in [0.3, 0.4) is 0 Å². The van der Waals surface area contributed by atoms with E-state index >= 15 is 0 Å². The molecule has 3 atom stereocenters. The van der Waals surface area contributed by atoms with E-state index in [9.17, 15) is 9.59 Å². The number of fused-ring (bicyclic) bond motifs is 2. The largest absolute Gasteiger partial charge is 0.332 e. The molecule has 2 aliphatic rings. The van der Waals surface area contributed by atoms with E-state index in [4.69, 9.17) is 12.2 Å². The highest BCUT2D eigenvalue weighted by atomic mass is 79.9. The number of H-pyrrole nitrogens is 1. The average molecular weight is 546 g/mol. The van der Waals surface area contributed by atoms with Crippen molar-refractivity contribution in [3.8, 4) is 0 Å². The molecule has 1 fully saturated rings. The highest BCUT2D eigenvalue weighted by Gasteiger charge is 2.56. The maximum atomic E-state index is 13.7. The van der Waals surface area contributed by atoms with E-state index in [0.29, 0.717) is 9.64 Å². The number of carbonyl (C=O) groups is 2. The van der Waals surface area contributed by atoms with E-state index in [0.717, 1.165) is 19.9 Å². The maximum Gasteiger partial charge on any atom is 0.248 e. The van der Waals surface area contributed by atoms with E-state index in [1.165, 1.54) is 33.6 Å². The zero-order chi connectivity index (χ0) is 22.8. The van der Waals surface area contributed by atoms with Gasteiger partial charge in [0.1, 0.15) is 5.25 Å². The van der Waals surface area contributed by atoms with Gasteiger partial charge in [-0.1, -0.05) is 72.7 Å². The summed E-state index contributed by atoms with van der Waals surface area (Å²) in [6, 6.07) is 15.8. The minimum atomic E-state index is -0.480. The number of hydrogen-bond acceptors (Lipinski definition) is 5. The normalized spacial score (nSPS) is 22.8. The first-order valence-corrected chi connectivity index (χ1v) is 13.2. The minimum Gasteiger partial charge on any atom is -0.332 e. The van der Waals surface area contributed by atoms with Crippen molar-refractivity contribution in [2.24, 2.45) is 5.92 Å². The molecular weight excluding hydrogens is 524 g/mol. The third-order valence-electron chi connectivity index (χ3n) is 6.04. The van der Waals surface area contributed by atoms with Crippen LogP contribution in [0.4, 0.5) is 5.69 Å². The van der Waals surface area contributed by atoms with Crippen LogP contribution in [0, 0.1) is 9.87 Å². The molecule has 3 unspecified atom stereocenters. The summed E-state index contributed by atoms with van der Waals surface area (Å²) in [6.07, 6.45) is 0. The van der Waals surface area contributed by atoms with Crippen LogP contribution in [0.5, 0.6) is 0 Å². The standard InChI is InChI=1S/C24H21BrN2O2S3/c1-24(2,3)13-6-4-12(5-7-13)16-17-19(31-20-18(16)32-23(30)26-20)22(29)27(21(17)28)15-10-8-14(25)9-11-15/h4-11,16-17,19H,1-3H3,(H,26,30). The number of halogens is 1. The van der Waals surface area contributed by atoms with Gasteiger partial charge in [0.05, 0.1) is 16.6 Å². The van der Waals surface area contributed by atoms with Crippen molar-refractivity contribution < 1.29 is 9.59 Å². The monoisotopic (exact) mass is 544 g/mol. The maximum absolute atomic E-state index is 13.7. The second-order valence-electron chi connectivity index (χ2n) is 9.11. The van der Waals surface area contributed by atoms with Gasteiger partial charge >= 0.3 is 0 Å². The summed E-state index contributed by atoms with van der Waals surface area (Å²) in [5.41, 5.74) is 2.92. The molecule has 1 N–H and O–H groups in total. The Morgan fingerprint density at radius 2 is 1.66 bits per heavy atom. The quantitative estimate of drug-likeness (QED) is 0.289. The predicted octanol–water partition coefficient (Wildman–Crippen LogP) is 6.66. The predicted molar refractivity (Wildman–Crippen MR) is 136 cm³/mol. The third kappa shape index (κ3) is 3.61. The lowest BCUT2D eigenvalue weighted by atomic mass is 9.81. The fraction of sp³-hybridized carbons (Fsp3) is 0.292. The molecule has 0 saturated carbocycles. The van der Waals surface area contributed by atoms with E-state index in [1.54, 1.807) is 12.1 Å². The summed E-state index contributed by atoms with van der Waals surface area (Å²) in [5.74, 6) is -0.991. The van der Waals surface area contributed by atoms with Gasteiger partial charge < -0.3 is 4.98 Å². The number of thiazole rings is 1. The van der Waals surface area contributed by atoms with Crippen molar-refractivity contribution in [3.05, 3.63) is 73.0 Å². The van der Waals surface area contributed by atoms with E-state index in [-0.39, 0.29) is 23.1 Å². The number of carbonyl (C=O) groups excluding carboxylic acids is 2. The highest BCUT2D eigenvalue weighted by Crippen LogP contribution is 2.54. The number of benzene rings is 2. The Morgan fingerprint density at radius 3 is 2.28 bits per heavy atom. The van der Waals surface area contributed by atoms with Crippen LogP contribution in [0.15, 0.2) is 58.0 Å². The van der Waals surface area contributed by atoms with Crippen molar-refractivity contribution in [3.63, 3.8) is 0 Å². The van der Waals surface area contributed by atoms with Gasteiger partial charge in [0.15, 0.2) is 3.95 Å². The van der Waals surface area contributed by atoms with Crippen molar-refractivity contribution in [2.75, 3.05) is 4.90 Å². The Bertz CT molecular complexity index is 1270. The molecule has 2 aliphatic heterocycles. The van der Waals surface area contributed by atoms with Crippen LogP contribution in [0.1, 0.15) is 42.7 Å². The number of anilines is 1. The van der Waals surface area contributed by atoms with Crippen LogP contribution in [0.2, 0.25) is 0 Å². The van der Waals surface area contributed by atoms with Gasteiger partial charge in [0.25, 0.3) is 0 Å². The number of aromatic amines is 1. The molecule has 2 aromatic carbocycles. The summed E-state index contributed by atoms with van der Waals surface area (Å²) < 4.78 is 1.57. The SMILES string of the molecule is CC(C)(C)c1ccc(C2c3sc(=S)[nH]c3SC3C(=O)N(c4ccc(Br)cc4)C(=O)C32)cc1. The fourth-order valence-corrected chi connectivity index (χ4v) is 7.64. The number of amides is 2. The second kappa shape index (κ2) is 7.94. The van der Waals surface area contributed by atoms with Gasteiger partial charge in [-0.05, 0) is 53.0 Å². The zero-order valence-corrected chi connectivity index (χ0v) is 21.8. The summed E-state index contributed by atoms with van der Waals surface area (Å²) in [7, 11) is 0. The highest BCUT2D eigenvalue weighted by molar-refractivity contribution is 9.10. The molecule has 0 radical (unpaired) electrons. The molecule has 5 rings (SSSR count). The Kier molecular flexibility index (Phi) is 5.47. The molecule has 3 heterocycles. The molecule has 4 nitrogen and oxygen atoms in total. The molecule has 2 amide bonds. The van der Waals surface area contributed by atoms with Gasteiger partial charge in [-0.3, -0.25) is 9.59 Å². The molecule has 1 saturated heterocycles. The first-order valence-electron chi connectivity index (χ1n) is 10.3.